The zero-order valence-corrected chi connectivity index (χ0v) is 8.64. The van der Waals surface area contributed by atoms with Crippen molar-refractivity contribution in [2.75, 3.05) is 0 Å². The fraction of sp³-hybridized carbons (Fsp3) is 0.100. The monoisotopic (exact) mass is 258 g/mol. The highest BCUT2D eigenvalue weighted by atomic mass is 19.4. The van der Waals surface area contributed by atoms with E-state index in [2.05, 4.69) is 9.79 Å². The highest BCUT2D eigenvalue weighted by Gasteiger charge is 2.46. The van der Waals surface area contributed by atoms with Crippen LogP contribution in [0.15, 0.2) is 35.0 Å². The van der Waals surface area contributed by atoms with Crippen molar-refractivity contribution in [2.24, 2.45) is 0 Å². The van der Waals surface area contributed by atoms with E-state index in [1.807, 2.05) is 0 Å². The van der Waals surface area contributed by atoms with Gasteiger partial charge in [-0.2, -0.15) is 13.2 Å². The van der Waals surface area contributed by atoms with Crippen LogP contribution in [0.3, 0.4) is 0 Å². The normalized spacial score (nSPS) is 11.5. The molecule has 0 aliphatic heterocycles. The van der Waals surface area contributed by atoms with Crippen molar-refractivity contribution in [3.63, 3.8) is 0 Å². The van der Waals surface area contributed by atoms with Gasteiger partial charge in [0.1, 0.15) is 0 Å². The van der Waals surface area contributed by atoms with Crippen LogP contribution < -0.4 is 4.90 Å². The third-order valence-corrected chi connectivity index (χ3v) is 2.13. The number of Topliss-reactive ketones (excluding diaryl/α,β-unsaturated/α-hetero) is 1. The van der Waals surface area contributed by atoms with Crippen molar-refractivity contribution >= 4 is 5.78 Å². The first kappa shape index (κ1) is 12.1. The Morgan fingerprint density at radius 1 is 1.28 bits per heavy atom. The topological polar surface area (TPSA) is 70.0 Å². The SMILES string of the molecule is O=C(c1no[n+]([O-])c1-c1ccccc1)C(F)(F)F. The quantitative estimate of drug-likeness (QED) is 0.607. The average molecular weight is 258 g/mol. The molecule has 0 radical (unpaired) electrons. The summed E-state index contributed by atoms with van der Waals surface area (Å²) in [6, 6.07) is 7.36. The van der Waals surface area contributed by atoms with Crippen molar-refractivity contribution in [3.8, 4) is 11.3 Å². The molecular weight excluding hydrogens is 253 g/mol. The molecule has 1 heterocycles. The van der Waals surface area contributed by atoms with E-state index in [4.69, 9.17) is 0 Å². The van der Waals surface area contributed by atoms with Gasteiger partial charge in [-0.05, 0) is 4.90 Å². The molecule has 94 valence electrons. The molecule has 2 rings (SSSR count). The first-order valence-corrected chi connectivity index (χ1v) is 4.68. The van der Waals surface area contributed by atoms with Gasteiger partial charge in [0.25, 0.3) is 0 Å². The maximum Gasteiger partial charge on any atom is 0.459 e. The minimum absolute atomic E-state index is 0.112. The summed E-state index contributed by atoms with van der Waals surface area (Å²) in [5.41, 5.74) is -1.50. The lowest BCUT2D eigenvalue weighted by Gasteiger charge is -2.01. The Bertz CT molecular complexity index is 578. The van der Waals surface area contributed by atoms with Crippen molar-refractivity contribution < 1.29 is 27.5 Å². The van der Waals surface area contributed by atoms with Crippen LogP contribution in [0.25, 0.3) is 11.3 Å². The third kappa shape index (κ3) is 2.04. The Morgan fingerprint density at radius 3 is 2.44 bits per heavy atom. The molecule has 0 saturated carbocycles. The van der Waals surface area contributed by atoms with Crippen LogP contribution in [-0.2, 0) is 0 Å². The van der Waals surface area contributed by atoms with Crippen molar-refractivity contribution in [2.45, 2.75) is 6.18 Å². The highest BCUT2D eigenvalue weighted by Crippen LogP contribution is 2.26. The van der Waals surface area contributed by atoms with E-state index in [-0.39, 0.29) is 10.5 Å². The first-order valence-electron chi connectivity index (χ1n) is 4.68. The average Bonchev–Trinajstić information content (AvgIpc) is 2.70. The number of carbonyl (C=O) groups is 1. The van der Waals surface area contributed by atoms with Gasteiger partial charge in [0.2, 0.25) is 5.69 Å². The second-order valence-electron chi connectivity index (χ2n) is 3.32. The Balaban J connectivity index is 2.56. The molecule has 0 spiro atoms. The van der Waals surface area contributed by atoms with Gasteiger partial charge in [-0.1, -0.05) is 30.3 Å². The van der Waals surface area contributed by atoms with E-state index in [0.717, 1.165) is 0 Å². The summed E-state index contributed by atoms with van der Waals surface area (Å²) >= 11 is 0. The summed E-state index contributed by atoms with van der Waals surface area (Å²) in [7, 11) is 0. The minimum atomic E-state index is -5.12. The predicted octanol–water partition coefficient (Wildman–Crippen LogP) is 1.72. The molecule has 5 nitrogen and oxygen atoms in total. The summed E-state index contributed by atoms with van der Waals surface area (Å²) in [5.74, 6) is -2.22. The van der Waals surface area contributed by atoms with Gasteiger partial charge in [0.05, 0.1) is 5.16 Å². The minimum Gasteiger partial charge on any atom is -0.359 e. The molecule has 0 aliphatic carbocycles. The molecule has 1 aromatic heterocycles. The summed E-state index contributed by atoms with van der Waals surface area (Å²) in [6.07, 6.45) is -5.12. The molecular formula is C10H5F3N2O3. The van der Waals surface area contributed by atoms with Crippen LogP contribution >= 0.6 is 0 Å². The van der Waals surface area contributed by atoms with Gasteiger partial charge >= 0.3 is 17.7 Å². The van der Waals surface area contributed by atoms with E-state index in [9.17, 15) is 23.2 Å². The Labute approximate surface area is 98.0 Å². The maximum atomic E-state index is 12.3. The van der Waals surface area contributed by atoms with Crippen LogP contribution in [0.4, 0.5) is 13.2 Å². The molecule has 0 bridgehead atoms. The van der Waals surface area contributed by atoms with E-state index < -0.39 is 23.3 Å². The molecule has 0 fully saturated rings. The van der Waals surface area contributed by atoms with E-state index in [1.54, 1.807) is 6.07 Å². The lowest BCUT2D eigenvalue weighted by molar-refractivity contribution is -0.793. The number of carbonyl (C=O) groups excluding carboxylic acids is 1. The number of nitrogens with zero attached hydrogens (tertiary/aromatic N) is 2. The van der Waals surface area contributed by atoms with E-state index in [0.29, 0.717) is 0 Å². The standard InChI is InChI=1S/C10H5F3N2O3/c11-10(12,13)9(16)7-8(15(17)18-14-7)6-4-2-1-3-5-6/h1-5H. The largest absolute Gasteiger partial charge is 0.459 e. The smallest absolute Gasteiger partial charge is 0.359 e. The lowest BCUT2D eigenvalue weighted by Crippen LogP contribution is -2.29. The number of rotatable bonds is 2. The summed E-state index contributed by atoms with van der Waals surface area (Å²) in [6.45, 7) is 0. The van der Waals surface area contributed by atoms with Gasteiger partial charge in [-0.15, -0.1) is 0 Å². The number of ketones is 1. The van der Waals surface area contributed by atoms with Crippen LogP contribution in [-0.4, -0.2) is 17.1 Å². The number of aromatic nitrogens is 2. The Hall–Kier alpha value is -2.38. The molecule has 0 unspecified atom stereocenters. The van der Waals surface area contributed by atoms with Gasteiger partial charge < -0.3 is 5.21 Å². The van der Waals surface area contributed by atoms with Crippen molar-refractivity contribution in [1.29, 1.82) is 0 Å². The Kier molecular flexibility index (Phi) is 2.77. The third-order valence-electron chi connectivity index (χ3n) is 2.13. The lowest BCUT2D eigenvalue weighted by atomic mass is 10.1. The van der Waals surface area contributed by atoms with Crippen LogP contribution in [0.5, 0.6) is 0 Å². The van der Waals surface area contributed by atoms with Gasteiger partial charge in [0.15, 0.2) is 0 Å². The van der Waals surface area contributed by atoms with Gasteiger partial charge in [-0.25, -0.2) is 0 Å². The van der Waals surface area contributed by atoms with E-state index in [1.165, 1.54) is 24.3 Å². The molecule has 1 aromatic carbocycles. The fourth-order valence-electron chi connectivity index (χ4n) is 1.37. The maximum absolute atomic E-state index is 12.3. The van der Waals surface area contributed by atoms with Gasteiger partial charge in [0, 0.05) is 5.56 Å². The van der Waals surface area contributed by atoms with E-state index >= 15 is 0 Å². The van der Waals surface area contributed by atoms with Crippen LogP contribution in [0, 0.1) is 5.21 Å². The summed E-state index contributed by atoms with van der Waals surface area (Å²) in [5, 5.41) is 14.1. The van der Waals surface area contributed by atoms with Crippen molar-refractivity contribution in [3.05, 3.63) is 41.2 Å². The molecule has 8 heteroatoms. The Morgan fingerprint density at radius 2 is 1.89 bits per heavy atom. The predicted molar refractivity (Wildman–Crippen MR) is 51.3 cm³/mol. The zero-order chi connectivity index (χ0) is 13.3. The summed E-state index contributed by atoms with van der Waals surface area (Å²) < 4.78 is 40.9. The highest BCUT2D eigenvalue weighted by molar-refractivity contribution is 6.02. The molecule has 0 saturated heterocycles. The van der Waals surface area contributed by atoms with Gasteiger partial charge in [-0.3, -0.25) is 9.42 Å². The number of alkyl halides is 3. The van der Waals surface area contributed by atoms with Crippen LogP contribution in [0.2, 0.25) is 0 Å². The van der Waals surface area contributed by atoms with Crippen molar-refractivity contribution in [1.82, 2.24) is 5.16 Å². The second kappa shape index (κ2) is 4.13. The molecule has 0 atom stereocenters. The second-order valence-corrected chi connectivity index (χ2v) is 3.32. The molecule has 0 N–H and O–H groups in total. The number of hydrogen-bond donors (Lipinski definition) is 0. The zero-order valence-electron chi connectivity index (χ0n) is 8.64. The first-order chi connectivity index (χ1) is 8.41. The molecule has 18 heavy (non-hydrogen) atoms. The molecule has 0 amide bonds. The number of benzene rings is 1. The summed E-state index contributed by atoms with van der Waals surface area (Å²) in [4.78, 5) is 10.8. The fourth-order valence-corrected chi connectivity index (χ4v) is 1.37. The number of halogens is 3. The molecule has 0 aliphatic rings. The van der Waals surface area contributed by atoms with Crippen LogP contribution in [0.1, 0.15) is 10.5 Å². The number of hydrogen-bond acceptors (Lipinski definition) is 4. The molecule has 2 aromatic rings.